The van der Waals surface area contributed by atoms with Gasteiger partial charge in [0.2, 0.25) is 0 Å². The van der Waals surface area contributed by atoms with Crippen molar-refractivity contribution in [3.8, 4) is 18.1 Å². The first-order chi connectivity index (χ1) is 10.7. The van der Waals surface area contributed by atoms with E-state index in [1.54, 1.807) is 30.5 Å². The van der Waals surface area contributed by atoms with Crippen LogP contribution in [-0.4, -0.2) is 23.7 Å². The topological polar surface area (TPSA) is 63.6 Å². The lowest BCUT2D eigenvalue weighted by Crippen LogP contribution is -2.17. The first-order valence-corrected chi connectivity index (χ1v) is 7.09. The van der Waals surface area contributed by atoms with E-state index in [1.807, 2.05) is 6.07 Å². The maximum atomic E-state index is 11.8. The quantitative estimate of drug-likeness (QED) is 0.508. The number of nitrogens with one attached hydrogen (secondary N) is 1. The molecule has 0 fully saturated rings. The largest absolute Gasteiger partial charge is 0.481 e. The molecule has 22 heavy (non-hydrogen) atoms. The molecule has 5 nitrogen and oxygen atoms in total. The molecule has 0 aliphatic carbocycles. The number of aromatic nitrogens is 1. The molecule has 1 aromatic heterocycles. The minimum absolute atomic E-state index is 0.190. The van der Waals surface area contributed by atoms with E-state index in [0.29, 0.717) is 11.3 Å². The summed E-state index contributed by atoms with van der Waals surface area (Å²) in [4.78, 5) is 15.7. The molecule has 0 aliphatic rings. The third-order valence-electron chi connectivity index (χ3n) is 2.58. The lowest BCUT2D eigenvalue weighted by molar-refractivity contribution is 0.0955. The second-order valence-electron chi connectivity index (χ2n) is 4.12. The van der Waals surface area contributed by atoms with Gasteiger partial charge in [0.1, 0.15) is 12.4 Å². The maximum Gasteiger partial charge on any atom is 0.272 e. The highest BCUT2D eigenvalue weighted by molar-refractivity contribution is 9.10. The van der Waals surface area contributed by atoms with E-state index in [4.69, 9.17) is 11.2 Å². The third kappa shape index (κ3) is 4.43. The fourth-order valence-corrected chi connectivity index (χ4v) is 1.91. The Hall–Kier alpha value is -2.65. The number of carbonyl (C=O) groups is 1. The number of hydrazone groups is 1. The number of pyridine rings is 1. The van der Waals surface area contributed by atoms with E-state index in [0.717, 1.165) is 10.0 Å². The van der Waals surface area contributed by atoms with Crippen LogP contribution in [0.5, 0.6) is 5.75 Å². The molecule has 1 aromatic carbocycles. The molecule has 1 N–H and O–H groups in total. The molecule has 0 spiro atoms. The van der Waals surface area contributed by atoms with Crippen molar-refractivity contribution < 1.29 is 9.53 Å². The molecule has 2 aromatic rings. The summed E-state index contributed by atoms with van der Waals surface area (Å²) in [5.74, 6) is 2.69. The number of rotatable bonds is 5. The molecule has 2 rings (SSSR count). The first-order valence-electron chi connectivity index (χ1n) is 6.30. The highest BCUT2D eigenvalue weighted by Crippen LogP contribution is 2.21. The molecule has 0 saturated carbocycles. The van der Waals surface area contributed by atoms with Crippen LogP contribution in [0.15, 0.2) is 52.3 Å². The smallest absolute Gasteiger partial charge is 0.272 e. The summed E-state index contributed by atoms with van der Waals surface area (Å²) in [6, 6.07) is 8.70. The van der Waals surface area contributed by atoms with Gasteiger partial charge in [0.05, 0.1) is 11.8 Å². The Morgan fingerprint density at radius 2 is 2.36 bits per heavy atom. The van der Waals surface area contributed by atoms with Gasteiger partial charge in [-0.2, -0.15) is 5.10 Å². The van der Waals surface area contributed by atoms with E-state index in [1.165, 1.54) is 12.4 Å². The van der Waals surface area contributed by atoms with Gasteiger partial charge in [-0.25, -0.2) is 5.43 Å². The highest BCUT2D eigenvalue weighted by Gasteiger charge is 2.03. The predicted octanol–water partition coefficient (Wildman–Crippen LogP) is 2.62. The zero-order valence-electron chi connectivity index (χ0n) is 11.5. The van der Waals surface area contributed by atoms with Gasteiger partial charge in [0.15, 0.2) is 0 Å². The SMILES string of the molecule is C#CCOc1ccc(Br)c(C=NNC(=O)c2cccnc2)c1. The second kappa shape index (κ2) is 7.96. The molecule has 0 bridgehead atoms. The van der Waals surface area contributed by atoms with Crippen molar-refractivity contribution >= 4 is 28.1 Å². The fraction of sp³-hybridized carbons (Fsp3) is 0.0625. The fourth-order valence-electron chi connectivity index (χ4n) is 1.56. The molecule has 0 saturated heterocycles. The molecule has 1 heterocycles. The normalized spacial score (nSPS) is 10.2. The molecule has 110 valence electrons. The van der Waals surface area contributed by atoms with Crippen molar-refractivity contribution in [2.45, 2.75) is 0 Å². The standard InChI is InChI=1S/C16H12BrN3O2/c1-2-8-22-14-5-6-15(17)13(9-14)11-19-20-16(21)12-4-3-7-18-10-12/h1,3-7,9-11H,8H2,(H,20,21). The average Bonchev–Trinajstić information content (AvgIpc) is 2.56. The molecule has 0 radical (unpaired) electrons. The Kier molecular flexibility index (Phi) is 5.69. The van der Waals surface area contributed by atoms with Crippen LogP contribution in [0.2, 0.25) is 0 Å². The number of terminal acetylenes is 1. The van der Waals surface area contributed by atoms with Crippen molar-refractivity contribution in [1.82, 2.24) is 10.4 Å². The third-order valence-corrected chi connectivity index (χ3v) is 3.31. The number of halogens is 1. The summed E-state index contributed by atoms with van der Waals surface area (Å²) < 4.78 is 6.15. The van der Waals surface area contributed by atoms with Gasteiger partial charge in [-0.05, 0) is 30.3 Å². The van der Waals surface area contributed by atoms with Crippen LogP contribution >= 0.6 is 15.9 Å². The summed E-state index contributed by atoms with van der Waals surface area (Å²) in [5.41, 5.74) is 3.62. The zero-order valence-corrected chi connectivity index (χ0v) is 13.1. The van der Waals surface area contributed by atoms with Crippen molar-refractivity contribution in [2.24, 2.45) is 5.10 Å². The summed E-state index contributed by atoms with van der Waals surface area (Å²) >= 11 is 3.40. The molecular weight excluding hydrogens is 346 g/mol. The van der Waals surface area contributed by atoms with E-state index in [9.17, 15) is 4.79 Å². The summed E-state index contributed by atoms with van der Waals surface area (Å²) in [6.07, 6.45) is 9.73. The van der Waals surface area contributed by atoms with Crippen LogP contribution in [0.4, 0.5) is 0 Å². The van der Waals surface area contributed by atoms with E-state index < -0.39 is 0 Å². The number of amides is 1. The number of hydrogen-bond acceptors (Lipinski definition) is 4. The van der Waals surface area contributed by atoms with Crippen molar-refractivity contribution in [3.05, 3.63) is 58.3 Å². The number of hydrogen-bond donors (Lipinski definition) is 1. The summed E-state index contributed by atoms with van der Waals surface area (Å²) in [6.45, 7) is 0.190. The summed E-state index contributed by atoms with van der Waals surface area (Å²) in [5, 5.41) is 3.92. The highest BCUT2D eigenvalue weighted by atomic mass is 79.9. The molecule has 0 aliphatic heterocycles. The molecule has 6 heteroatoms. The Balaban J connectivity index is 2.03. The average molecular weight is 358 g/mol. The van der Waals surface area contributed by atoms with Gasteiger partial charge in [-0.1, -0.05) is 21.9 Å². The second-order valence-corrected chi connectivity index (χ2v) is 4.97. The monoisotopic (exact) mass is 357 g/mol. The first kappa shape index (κ1) is 15.7. The van der Waals surface area contributed by atoms with Gasteiger partial charge in [-0.15, -0.1) is 6.42 Å². The van der Waals surface area contributed by atoms with E-state index in [2.05, 4.69) is 37.4 Å². The van der Waals surface area contributed by atoms with Crippen LogP contribution in [-0.2, 0) is 0 Å². The molecular formula is C16H12BrN3O2. The minimum Gasteiger partial charge on any atom is -0.481 e. The molecule has 0 unspecified atom stereocenters. The van der Waals surface area contributed by atoms with Crippen LogP contribution in [0.1, 0.15) is 15.9 Å². The van der Waals surface area contributed by atoms with Crippen LogP contribution < -0.4 is 10.2 Å². The van der Waals surface area contributed by atoms with Crippen molar-refractivity contribution in [2.75, 3.05) is 6.61 Å². The van der Waals surface area contributed by atoms with Gasteiger partial charge >= 0.3 is 0 Å². The number of ether oxygens (including phenoxy) is 1. The predicted molar refractivity (Wildman–Crippen MR) is 87.8 cm³/mol. The lowest BCUT2D eigenvalue weighted by Gasteiger charge is -2.05. The van der Waals surface area contributed by atoms with Crippen molar-refractivity contribution in [3.63, 3.8) is 0 Å². The van der Waals surface area contributed by atoms with Crippen LogP contribution in [0.3, 0.4) is 0 Å². The molecule has 1 amide bonds. The zero-order chi connectivity index (χ0) is 15.8. The van der Waals surface area contributed by atoms with E-state index in [-0.39, 0.29) is 12.5 Å². The van der Waals surface area contributed by atoms with Crippen molar-refractivity contribution in [1.29, 1.82) is 0 Å². The van der Waals surface area contributed by atoms with Crippen LogP contribution in [0.25, 0.3) is 0 Å². The lowest BCUT2D eigenvalue weighted by atomic mass is 10.2. The molecule has 0 atom stereocenters. The van der Waals surface area contributed by atoms with Gasteiger partial charge < -0.3 is 4.74 Å². The van der Waals surface area contributed by atoms with Crippen LogP contribution in [0, 0.1) is 12.3 Å². The Morgan fingerprint density at radius 3 is 3.09 bits per heavy atom. The van der Waals surface area contributed by atoms with Gasteiger partial charge in [0.25, 0.3) is 5.91 Å². The van der Waals surface area contributed by atoms with E-state index >= 15 is 0 Å². The van der Waals surface area contributed by atoms with Gasteiger partial charge in [-0.3, -0.25) is 9.78 Å². The number of carbonyl (C=O) groups excluding carboxylic acids is 1. The Bertz CT molecular complexity index is 724. The summed E-state index contributed by atoms with van der Waals surface area (Å²) in [7, 11) is 0. The Labute approximate surface area is 136 Å². The minimum atomic E-state index is -0.333. The maximum absolute atomic E-state index is 11.8. The number of nitrogens with zero attached hydrogens (tertiary/aromatic N) is 2. The van der Waals surface area contributed by atoms with Gasteiger partial charge in [0, 0.05) is 22.4 Å². The number of benzene rings is 1. The Morgan fingerprint density at radius 1 is 1.50 bits per heavy atom.